The topological polar surface area (TPSA) is 108 Å². The molecule has 0 aliphatic heterocycles. The summed E-state index contributed by atoms with van der Waals surface area (Å²) in [6.07, 6.45) is 0.989. The zero-order valence-corrected chi connectivity index (χ0v) is 17.5. The summed E-state index contributed by atoms with van der Waals surface area (Å²) in [6.45, 7) is 3.60. The van der Waals surface area contributed by atoms with Crippen LogP contribution < -0.4 is 10.1 Å². The van der Waals surface area contributed by atoms with E-state index in [1.54, 1.807) is 62.4 Å². The van der Waals surface area contributed by atoms with Crippen LogP contribution in [0.4, 0.5) is 0 Å². The fourth-order valence-electron chi connectivity index (χ4n) is 2.56. The average Bonchev–Trinajstić information content (AvgIpc) is 2.70. The Bertz CT molecular complexity index is 881. The molecule has 0 aliphatic carbocycles. The van der Waals surface area contributed by atoms with Crippen molar-refractivity contribution in [2.75, 3.05) is 13.2 Å². The van der Waals surface area contributed by atoms with Gasteiger partial charge in [-0.2, -0.15) is 0 Å². The number of carbonyl (C=O) groups is 2. The van der Waals surface area contributed by atoms with Gasteiger partial charge >= 0.3 is 0 Å². The molecule has 2 rings (SSSR count). The van der Waals surface area contributed by atoms with Crippen molar-refractivity contribution in [1.29, 1.82) is 0 Å². The lowest BCUT2D eigenvalue weighted by Gasteiger charge is -2.25. The molecule has 0 heterocycles. The van der Waals surface area contributed by atoms with Crippen LogP contribution in [0.25, 0.3) is 0 Å². The van der Waals surface area contributed by atoms with Crippen molar-refractivity contribution >= 4 is 23.3 Å². The minimum absolute atomic E-state index is 0.0101. The van der Waals surface area contributed by atoms with Crippen molar-refractivity contribution < 1.29 is 24.3 Å². The first-order chi connectivity index (χ1) is 14.2. The average molecular weight is 435 g/mol. The first kappa shape index (κ1) is 23.2. The predicted octanol–water partition coefficient (Wildman–Crippen LogP) is 3.83. The van der Waals surface area contributed by atoms with Crippen LogP contribution in [0.15, 0.2) is 48.5 Å². The van der Waals surface area contributed by atoms with E-state index in [0.717, 1.165) is 0 Å². The fraction of sp³-hybridized carbons (Fsp3) is 0.333. The highest BCUT2D eigenvalue weighted by Crippen LogP contribution is 2.21. The molecular formula is C21H23ClN2O6. The summed E-state index contributed by atoms with van der Waals surface area (Å²) in [6, 6.07) is 13.2. The highest BCUT2D eigenvalue weighted by molar-refractivity contribution is 6.30. The normalized spacial score (nSPS) is 10.9. The van der Waals surface area contributed by atoms with E-state index in [2.05, 4.69) is 10.2 Å². The van der Waals surface area contributed by atoms with E-state index in [1.165, 1.54) is 0 Å². The highest BCUT2D eigenvalue weighted by atomic mass is 35.5. The molecule has 8 nitrogen and oxygen atoms in total. The number of nitrogens with zero attached hydrogens (tertiary/aromatic N) is 1. The lowest BCUT2D eigenvalue weighted by atomic mass is 10.0. The Kier molecular flexibility index (Phi) is 8.17. The molecule has 0 aliphatic rings. The summed E-state index contributed by atoms with van der Waals surface area (Å²) in [5.41, 5.74) is -0.126. The van der Waals surface area contributed by atoms with Gasteiger partial charge in [0, 0.05) is 22.7 Å². The van der Waals surface area contributed by atoms with Crippen LogP contribution in [0.1, 0.15) is 42.6 Å². The van der Waals surface area contributed by atoms with Gasteiger partial charge in [0.2, 0.25) is 0 Å². The molecule has 1 amide bonds. The van der Waals surface area contributed by atoms with Crippen LogP contribution >= 0.6 is 11.6 Å². The molecule has 160 valence electrons. The van der Waals surface area contributed by atoms with E-state index in [-0.39, 0.29) is 18.3 Å². The molecule has 30 heavy (non-hydrogen) atoms. The summed E-state index contributed by atoms with van der Waals surface area (Å²) in [5.74, 6) is -0.0162. The van der Waals surface area contributed by atoms with Crippen LogP contribution in [0.5, 0.6) is 5.75 Å². The van der Waals surface area contributed by atoms with Gasteiger partial charge in [-0.25, -0.2) is 0 Å². The number of hydrogen-bond acceptors (Lipinski definition) is 6. The Morgan fingerprint density at radius 2 is 1.60 bits per heavy atom. The molecule has 0 unspecified atom stereocenters. The molecule has 0 bridgehead atoms. The van der Waals surface area contributed by atoms with E-state index in [4.69, 9.17) is 16.3 Å². The van der Waals surface area contributed by atoms with Gasteiger partial charge in [0.25, 0.3) is 11.0 Å². The second kappa shape index (κ2) is 10.6. The first-order valence-corrected chi connectivity index (χ1v) is 9.72. The molecule has 2 aromatic rings. The monoisotopic (exact) mass is 434 g/mol. The highest BCUT2D eigenvalue weighted by Gasteiger charge is 2.29. The van der Waals surface area contributed by atoms with E-state index in [9.17, 15) is 19.7 Å². The smallest absolute Gasteiger partial charge is 0.294 e. The predicted molar refractivity (Wildman–Crippen MR) is 111 cm³/mol. The number of nitrogens with one attached hydrogen (secondary N) is 1. The number of hydrogen-bond donors (Lipinski definition) is 1. The van der Waals surface area contributed by atoms with Crippen LogP contribution in [0.2, 0.25) is 5.02 Å². The lowest BCUT2D eigenvalue weighted by Crippen LogP contribution is -2.46. The number of ketones is 1. The van der Waals surface area contributed by atoms with Crippen molar-refractivity contribution in [2.45, 2.75) is 32.3 Å². The molecule has 0 atom stereocenters. The summed E-state index contributed by atoms with van der Waals surface area (Å²) in [7, 11) is 0. The minimum atomic E-state index is -1.14. The van der Waals surface area contributed by atoms with Crippen LogP contribution in [-0.4, -0.2) is 35.5 Å². The molecule has 2 aromatic carbocycles. The van der Waals surface area contributed by atoms with E-state index in [1.807, 2.05) is 0 Å². The number of amides is 1. The Hall–Kier alpha value is -3.13. The number of carbonyl (C=O) groups excluding carboxylic acids is 2. The SMILES string of the molecule is CC(C)(Oc1ccc(C(=O)c2ccc(Cl)cc2)cc1)C(=O)NCCCCO[N+](=O)[O-]. The molecule has 0 radical (unpaired) electrons. The van der Waals surface area contributed by atoms with Crippen molar-refractivity contribution in [2.24, 2.45) is 0 Å². The maximum Gasteiger partial charge on any atom is 0.294 e. The van der Waals surface area contributed by atoms with Gasteiger partial charge in [0.05, 0.1) is 6.61 Å². The second-order valence-electron chi connectivity index (χ2n) is 6.99. The molecule has 0 saturated heterocycles. The minimum Gasteiger partial charge on any atom is -0.478 e. The van der Waals surface area contributed by atoms with Gasteiger partial charge in [-0.1, -0.05) is 11.6 Å². The third kappa shape index (κ3) is 7.04. The van der Waals surface area contributed by atoms with Gasteiger partial charge < -0.3 is 14.9 Å². The first-order valence-electron chi connectivity index (χ1n) is 9.34. The van der Waals surface area contributed by atoms with E-state index < -0.39 is 10.7 Å². The van der Waals surface area contributed by atoms with Crippen LogP contribution in [-0.2, 0) is 9.63 Å². The third-order valence-electron chi connectivity index (χ3n) is 4.20. The Morgan fingerprint density at radius 3 is 2.17 bits per heavy atom. The maximum absolute atomic E-state index is 12.5. The summed E-state index contributed by atoms with van der Waals surface area (Å²) < 4.78 is 5.77. The standard InChI is InChI=1S/C21H23ClN2O6/c1-21(2,20(26)23-13-3-4-14-29-24(27)28)30-18-11-7-16(8-12-18)19(25)15-5-9-17(22)10-6-15/h5-12H,3-4,13-14H2,1-2H3,(H,23,26). The third-order valence-corrected chi connectivity index (χ3v) is 4.45. The Labute approximate surface area is 179 Å². The van der Waals surface area contributed by atoms with Gasteiger partial charge in [0.15, 0.2) is 11.4 Å². The zero-order chi connectivity index (χ0) is 22.1. The summed E-state index contributed by atoms with van der Waals surface area (Å²) >= 11 is 5.85. The number of halogens is 1. The van der Waals surface area contributed by atoms with Crippen LogP contribution in [0, 0.1) is 10.1 Å². The number of unbranched alkanes of at least 4 members (excludes halogenated alkanes) is 1. The molecule has 0 fully saturated rings. The molecule has 0 aromatic heterocycles. The fourth-order valence-corrected chi connectivity index (χ4v) is 2.69. The molecular weight excluding hydrogens is 412 g/mol. The Balaban J connectivity index is 1.87. The van der Waals surface area contributed by atoms with Crippen molar-refractivity contribution in [3.05, 3.63) is 74.8 Å². The maximum atomic E-state index is 12.5. The largest absolute Gasteiger partial charge is 0.478 e. The summed E-state index contributed by atoms with van der Waals surface area (Å²) in [5, 5.41) is 12.5. The number of rotatable bonds is 11. The molecule has 0 saturated carbocycles. The van der Waals surface area contributed by atoms with Crippen molar-refractivity contribution in [1.82, 2.24) is 5.32 Å². The van der Waals surface area contributed by atoms with Crippen molar-refractivity contribution in [3.63, 3.8) is 0 Å². The number of ether oxygens (including phenoxy) is 1. The lowest BCUT2D eigenvalue weighted by molar-refractivity contribution is -0.757. The molecule has 9 heteroatoms. The second-order valence-corrected chi connectivity index (χ2v) is 7.43. The van der Waals surface area contributed by atoms with Gasteiger partial charge in [-0.3, -0.25) is 9.59 Å². The molecule has 1 N–H and O–H groups in total. The quantitative estimate of drug-likeness (QED) is 0.249. The summed E-state index contributed by atoms with van der Waals surface area (Å²) in [4.78, 5) is 39.1. The Morgan fingerprint density at radius 1 is 1.03 bits per heavy atom. The van der Waals surface area contributed by atoms with E-state index >= 15 is 0 Å². The van der Waals surface area contributed by atoms with Gasteiger partial charge in [-0.15, -0.1) is 10.1 Å². The van der Waals surface area contributed by atoms with Crippen molar-refractivity contribution in [3.8, 4) is 5.75 Å². The zero-order valence-electron chi connectivity index (χ0n) is 16.7. The van der Waals surface area contributed by atoms with Crippen LogP contribution in [0.3, 0.4) is 0 Å². The number of benzene rings is 2. The van der Waals surface area contributed by atoms with Gasteiger partial charge in [0.1, 0.15) is 5.75 Å². The van der Waals surface area contributed by atoms with Gasteiger partial charge in [-0.05, 0) is 75.2 Å². The molecule has 0 spiro atoms. The van der Waals surface area contributed by atoms with E-state index in [0.29, 0.717) is 41.3 Å².